The Balaban J connectivity index is 1.80. The number of nitrogens with zero attached hydrogens (tertiary/aromatic N) is 4. The number of carboxylic acids is 1. The summed E-state index contributed by atoms with van der Waals surface area (Å²) in [7, 11) is -2.27. The molecule has 1 fully saturated rings. The van der Waals surface area contributed by atoms with Gasteiger partial charge >= 0.3 is 5.97 Å². The predicted octanol–water partition coefficient (Wildman–Crippen LogP) is 3.53. The van der Waals surface area contributed by atoms with Crippen molar-refractivity contribution in [1.29, 1.82) is 0 Å². The minimum absolute atomic E-state index is 0.0258. The average Bonchev–Trinajstić information content (AvgIpc) is 3.24. The van der Waals surface area contributed by atoms with Crippen molar-refractivity contribution in [1.82, 2.24) is 15.0 Å². The SMILES string of the molecule is CCc1ccc(C(=O)O)cc1S(=O)(=O)Nc1cc(-c2cnnn2C)ccc1N1CCCCC1. The zero-order valence-electron chi connectivity index (χ0n) is 18.7. The Bertz CT molecular complexity index is 1280. The Kier molecular flexibility index (Phi) is 6.37. The van der Waals surface area contributed by atoms with Gasteiger partial charge in [0.05, 0.1) is 33.7 Å². The number of sulfonamides is 1. The monoisotopic (exact) mass is 469 g/mol. The molecule has 1 aliphatic rings. The lowest BCUT2D eigenvalue weighted by Gasteiger charge is -2.31. The second-order valence-corrected chi connectivity index (χ2v) is 9.76. The standard InChI is InChI=1S/C23H27N5O4S/c1-3-16-7-8-18(23(29)30)14-22(16)33(31,32)25-19-13-17(21-15-24-26-27(21)2)9-10-20(19)28-11-5-4-6-12-28/h7-10,13-15,25H,3-6,11-12H2,1-2H3,(H,29,30). The summed E-state index contributed by atoms with van der Waals surface area (Å²) >= 11 is 0. The molecule has 10 heteroatoms. The van der Waals surface area contributed by atoms with Crippen LogP contribution in [0.1, 0.15) is 42.1 Å². The number of rotatable bonds is 7. The van der Waals surface area contributed by atoms with Gasteiger partial charge in [0.15, 0.2) is 0 Å². The van der Waals surface area contributed by atoms with Crippen molar-refractivity contribution >= 4 is 27.4 Å². The van der Waals surface area contributed by atoms with Crippen molar-refractivity contribution in [2.75, 3.05) is 22.7 Å². The summed E-state index contributed by atoms with van der Waals surface area (Å²) in [5.41, 5.74) is 3.25. The van der Waals surface area contributed by atoms with E-state index in [1.54, 1.807) is 30.1 Å². The summed E-state index contributed by atoms with van der Waals surface area (Å²) in [5.74, 6) is -1.17. The number of aryl methyl sites for hydroxylation is 2. The van der Waals surface area contributed by atoms with Gasteiger partial charge in [-0.1, -0.05) is 24.3 Å². The van der Waals surface area contributed by atoms with Gasteiger partial charge in [-0.25, -0.2) is 17.9 Å². The highest BCUT2D eigenvalue weighted by molar-refractivity contribution is 7.92. The number of hydrogen-bond acceptors (Lipinski definition) is 6. The minimum atomic E-state index is -4.05. The topological polar surface area (TPSA) is 117 Å². The van der Waals surface area contributed by atoms with Crippen molar-refractivity contribution in [3.63, 3.8) is 0 Å². The first-order valence-electron chi connectivity index (χ1n) is 10.9. The van der Waals surface area contributed by atoms with E-state index < -0.39 is 16.0 Å². The molecular formula is C23H27N5O4S. The van der Waals surface area contributed by atoms with Gasteiger partial charge in [0, 0.05) is 25.7 Å². The Hall–Kier alpha value is -3.40. The molecule has 9 nitrogen and oxygen atoms in total. The van der Waals surface area contributed by atoms with Crippen LogP contribution in [0.25, 0.3) is 11.3 Å². The summed E-state index contributed by atoms with van der Waals surface area (Å²) < 4.78 is 31.4. The zero-order valence-corrected chi connectivity index (χ0v) is 19.5. The first-order valence-corrected chi connectivity index (χ1v) is 12.4. The average molecular weight is 470 g/mol. The number of carbonyl (C=O) groups is 1. The Labute approximate surface area is 193 Å². The van der Waals surface area contributed by atoms with Crippen LogP contribution < -0.4 is 9.62 Å². The highest BCUT2D eigenvalue weighted by Crippen LogP contribution is 2.35. The maximum Gasteiger partial charge on any atom is 0.335 e. The Morgan fingerprint density at radius 3 is 2.52 bits per heavy atom. The zero-order chi connectivity index (χ0) is 23.6. The lowest BCUT2D eigenvalue weighted by Crippen LogP contribution is -2.30. The van der Waals surface area contributed by atoms with E-state index in [1.165, 1.54) is 12.1 Å². The molecular weight excluding hydrogens is 442 g/mol. The molecule has 0 radical (unpaired) electrons. The fraction of sp³-hybridized carbons (Fsp3) is 0.348. The summed E-state index contributed by atoms with van der Waals surface area (Å²) in [5, 5.41) is 17.3. The van der Waals surface area contributed by atoms with Crippen molar-refractivity contribution in [3.05, 3.63) is 53.7 Å². The van der Waals surface area contributed by atoms with Gasteiger partial charge in [-0.15, -0.1) is 5.10 Å². The molecule has 174 valence electrons. The van der Waals surface area contributed by atoms with E-state index in [0.717, 1.165) is 49.3 Å². The normalized spacial score (nSPS) is 14.3. The fourth-order valence-electron chi connectivity index (χ4n) is 4.17. The highest BCUT2D eigenvalue weighted by Gasteiger charge is 2.24. The van der Waals surface area contributed by atoms with Crippen molar-refractivity contribution in [2.24, 2.45) is 7.05 Å². The van der Waals surface area contributed by atoms with Crippen LogP contribution >= 0.6 is 0 Å². The van der Waals surface area contributed by atoms with Gasteiger partial charge in [-0.2, -0.15) is 0 Å². The summed E-state index contributed by atoms with van der Waals surface area (Å²) in [6, 6.07) is 9.84. The quantitative estimate of drug-likeness (QED) is 0.543. The molecule has 1 aliphatic heterocycles. The Morgan fingerprint density at radius 2 is 1.88 bits per heavy atom. The molecule has 2 aromatic carbocycles. The maximum absolute atomic E-state index is 13.5. The van der Waals surface area contributed by atoms with Gasteiger partial charge in [-0.05, 0) is 55.5 Å². The van der Waals surface area contributed by atoms with Crippen LogP contribution in [-0.4, -0.2) is 47.6 Å². The van der Waals surface area contributed by atoms with Crippen LogP contribution in [0.3, 0.4) is 0 Å². The smallest absolute Gasteiger partial charge is 0.335 e. The number of anilines is 2. The molecule has 2 N–H and O–H groups in total. The van der Waals surface area contributed by atoms with Crippen molar-refractivity contribution < 1.29 is 18.3 Å². The van der Waals surface area contributed by atoms with Crippen molar-refractivity contribution in [3.8, 4) is 11.3 Å². The number of aromatic carboxylic acids is 1. The third-order valence-corrected chi connectivity index (χ3v) is 7.38. The molecule has 0 amide bonds. The highest BCUT2D eigenvalue weighted by atomic mass is 32.2. The third kappa shape index (κ3) is 4.70. The van der Waals surface area contributed by atoms with Crippen LogP contribution in [0.4, 0.5) is 11.4 Å². The third-order valence-electron chi connectivity index (χ3n) is 5.93. The fourth-order valence-corrected chi connectivity index (χ4v) is 5.57. The predicted molar refractivity (Wildman–Crippen MR) is 126 cm³/mol. The minimum Gasteiger partial charge on any atom is -0.478 e. The molecule has 0 spiro atoms. The number of piperidine rings is 1. The molecule has 0 saturated carbocycles. The number of aromatic nitrogens is 3. The molecule has 0 aliphatic carbocycles. The number of carboxylic acid groups (broad SMARTS) is 1. The van der Waals surface area contributed by atoms with Gasteiger partial charge < -0.3 is 10.0 Å². The van der Waals surface area contributed by atoms with Crippen LogP contribution in [0.5, 0.6) is 0 Å². The number of hydrogen-bond donors (Lipinski definition) is 2. The molecule has 1 aromatic heterocycles. The lowest BCUT2D eigenvalue weighted by atomic mass is 10.1. The van der Waals surface area contributed by atoms with Crippen LogP contribution in [-0.2, 0) is 23.5 Å². The maximum atomic E-state index is 13.5. The molecule has 3 aromatic rings. The molecule has 2 heterocycles. The molecule has 0 atom stereocenters. The van der Waals surface area contributed by atoms with E-state index in [4.69, 9.17) is 0 Å². The van der Waals surface area contributed by atoms with Gasteiger partial charge in [0.2, 0.25) is 0 Å². The summed E-state index contributed by atoms with van der Waals surface area (Å²) in [6.07, 6.45) is 5.31. The molecule has 0 bridgehead atoms. The van der Waals surface area contributed by atoms with E-state index >= 15 is 0 Å². The van der Waals surface area contributed by atoms with E-state index in [0.29, 0.717) is 17.7 Å². The van der Waals surface area contributed by atoms with Crippen LogP contribution in [0.2, 0.25) is 0 Å². The molecule has 4 rings (SSSR count). The number of nitrogens with one attached hydrogen (secondary N) is 1. The van der Waals surface area contributed by atoms with Crippen LogP contribution in [0.15, 0.2) is 47.5 Å². The van der Waals surface area contributed by atoms with Gasteiger partial charge in [0.1, 0.15) is 0 Å². The molecule has 33 heavy (non-hydrogen) atoms. The van der Waals surface area contributed by atoms with Gasteiger partial charge in [0.25, 0.3) is 10.0 Å². The number of benzene rings is 2. The second kappa shape index (κ2) is 9.22. The second-order valence-electron chi connectivity index (χ2n) is 8.11. The first kappa shape index (κ1) is 22.8. The lowest BCUT2D eigenvalue weighted by molar-refractivity contribution is 0.0696. The Morgan fingerprint density at radius 1 is 1.12 bits per heavy atom. The summed E-state index contributed by atoms with van der Waals surface area (Å²) in [4.78, 5) is 13.6. The summed E-state index contributed by atoms with van der Waals surface area (Å²) in [6.45, 7) is 3.52. The molecule has 0 unspecified atom stereocenters. The van der Waals surface area contributed by atoms with E-state index in [2.05, 4.69) is 19.9 Å². The van der Waals surface area contributed by atoms with Crippen molar-refractivity contribution in [2.45, 2.75) is 37.5 Å². The van der Waals surface area contributed by atoms with Gasteiger partial charge in [-0.3, -0.25) is 4.72 Å². The largest absolute Gasteiger partial charge is 0.478 e. The van der Waals surface area contributed by atoms with Crippen LogP contribution in [0, 0.1) is 0 Å². The van der Waals surface area contributed by atoms with E-state index in [9.17, 15) is 18.3 Å². The first-order chi connectivity index (χ1) is 15.8. The van der Waals surface area contributed by atoms with E-state index in [-0.39, 0.29) is 10.5 Å². The molecule has 1 saturated heterocycles. The van der Waals surface area contributed by atoms with E-state index in [1.807, 2.05) is 19.1 Å².